The van der Waals surface area contributed by atoms with Crippen molar-refractivity contribution in [1.29, 1.82) is 0 Å². The molecular weight excluding hydrogens is 383 g/mol. The van der Waals surface area contributed by atoms with Gasteiger partial charge in [-0.1, -0.05) is 0 Å². The van der Waals surface area contributed by atoms with Crippen LogP contribution in [0.4, 0.5) is 15.8 Å². The van der Waals surface area contributed by atoms with Crippen LogP contribution in [-0.4, -0.2) is 67.4 Å². The van der Waals surface area contributed by atoms with Crippen LogP contribution in [0.3, 0.4) is 0 Å². The smallest absolute Gasteiger partial charge is 0.253 e. The summed E-state index contributed by atoms with van der Waals surface area (Å²) in [4.78, 5) is 30.8. The Kier molecular flexibility index (Phi) is 6.16. The number of carbonyl (C=O) groups excluding carboxylic acids is 2. The maximum Gasteiger partial charge on any atom is 0.253 e. The van der Waals surface area contributed by atoms with E-state index in [0.717, 1.165) is 50.4 Å². The van der Waals surface area contributed by atoms with Gasteiger partial charge in [-0.2, -0.15) is 0 Å². The van der Waals surface area contributed by atoms with Gasteiger partial charge in [-0.05, 0) is 61.4 Å². The lowest BCUT2D eigenvalue weighted by Gasteiger charge is -2.36. The van der Waals surface area contributed by atoms with Crippen LogP contribution in [0.15, 0.2) is 48.5 Å². The lowest BCUT2D eigenvalue weighted by molar-refractivity contribution is -0.129. The fraction of sp³-hybridized carbons (Fsp3) is 0.391. The maximum atomic E-state index is 13.1. The van der Waals surface area contributed by atoms with Crippen molar-refractivity contribution < 1.29 is 14.0 Å². The highest BCUT2D eigenvalue weighted by molar-refractivity contribution is 5.94. The van der Waals surface area contributed by atoms with Crippen molar-refractivity contribution in [2.45, 2.75) is 12.8 Å². The van der Waals surface area contributed by atoms with Crippen molar-refractivity contribution in [1.82, 2.24) is 9.80 Å². The van der Waals surface area contributed by atoms with Gasteiger partial charge in [-0.3, -0.25) is 9.59 Å². The number of amides is 2. The molecule has 0 unspecified atom stereocenters. The molecule has 7 heteroatoms. The van der Waals surface area contributed by atoms with E-state index in [1.807, 2.05) is 34.1 Å². The minimum Gasteiger partial charge on any atom is -0.376 e. The molecule has 2 aromatic carbocycles. The van der Waals surface area contributed by atoms with E-state index in [1.165, 1.54) is 12.1 Å². The van der Waals surface area contributed by atoms with Crippen LogP contribution in [0.25, 0.3) is 0 Å². The molecule has 0 bridgehead atoms. The Morgan fingerprint density at radius 2 is 1.43 bits per heavy atom. The molecule has 2 amide bonds. The number of carbonyl (C=O) groups is 2. The van der Waals surface area contributed by atoms with Crippen LogP contribution in [0.2, 0.25) is 0 Å². The molecule has 2 aliphatic heterocycles. The Hall–Kier alpha value is -3.09. The van der Waals surface area contributed by atoms with Crippen LogP contribution in [0.5, 0.6) is 0 Å². The topological polar surface area (TPSA) is 55.9 Å². The monoisotopic (exact) mass is 410 g/mol. The molecule has 0 radical (unpaired) electrons. The molecule has 2 heterocycles. The first-order valence-corrected chi connectivity index (χ1v) is 10.5. The first kappa shape index (κ1) is 20.2. The number of hydrogen-bond acceptors (Lipinski definition) is 4. The number of hydrogen-bond donors (Lipinski definition) is 1. The highest BCUT2D eigenvalue weighted by Gasteiger charge is 2.22. The van der Waals surface area contributed by atoms with Gasteiger partial charge in [0.15, 0.2) is 0 Å². The molecule has 2 aliphatic rings. The molecule has 0 atom stereocenters. The fourth-order valence-corrected chi connectivity index (χ4v) is 3.99. The van der Waals surface area contributed by atoms with Gasteiger partial charge >= 0.3 is 0 Å². The minimum atomic E-state index is -0.243. The second kappa shape index (κ2) is 9.15. The Balaban J connectivity index is 1.24. The molecule has 30 heavy (non-hydrogen) atoms. The summed E-state index contributed by atoms with van der Waals surface area (Å²) in [5, 5.41) is 3.16. The third kappa shape index (κ3) is 4.72. The third-order valence-electron chi connectivity index (χ3n) is 5.79. The Morgan fingerprint density at radius 3 is 2.07 bits per heavy atom. The molecule has 1 N–H and O–H groups in total. The molecule has 2 fully saturated rings. The van der Waals surface area contributed by atoms with E-state index in [-0.39, 0.29) is 24.2 Å². The minimum absolute atomic E-state index is 0.0472. The summed E-state index contributed by atoms with van der Waals surface area (Å²) >= 11 is 0. The van der Waals surface area contributed by atoms with Crippen LogP contribution < -0.4 is 10.2 Å². The van der Waals surface area contributed by atoms with E-state index in [2.05, 4.69) is 10.2 Å². The number of anilines is 2. The first-order valence-electron chi connectivity index (χ1n) is 10.5. The van der Waals surface area contributed by atoms with Crippen LogP contribution in [0, 0.1) is 5.82 Å². The van der Waals surface area contributed by atoms with Gasteiger partial charge in [-0.25, -0.2) is 4.39 Å². The van der Waals surface area contributed by atoms with Gasteiger partial charge in [0.2, 0.25) is 5.91 Å². The lowest BCUT2D eigenvalue weighted by Crippen LogP contribution is -2.50. The maximum absolute atomic E-state index is 13.1. The molecule has 158 valence electrons. The molecule has 0 aromatic heterocycles. The van der Waals surface area contributed by atoms with Gasteiger partial charge < -0.3 is 20.0 Å². The summed E-state index contributed by atoms with van der Waals surface area (Å²) in [6.45, 7) is 4.62. The van der Waals surface area contributed by atoms with Gasteiger partial charge in [-0.15, -0.1) is 0 Å². The average Bonchev–Trinajstić information content (AvgIpc) is 3.33. The first-order chi connectivity index (χ1) is 14.6. The number of nitrogens with one attached hydrogen (secondary N) is 1. The van der Waals surface area contributed by atoms with Gasteiger partial charge in [0.25, 0.3) is 5.91 Å². The van der Waals surface area contributed by atoms with Crippen LogP contribution in [0.1, 0.15) is 23.2 Å². The highest BCUT2D eigenvalue weighted by atomic mass is 19.1. The predicted molar refractivity (Wildman–Crippen MR) is 115 cm³/mol. The normalized spacial score (nSPS) is 16.6. The average molecular weight is 410 g/mol. The van der Waals surface area contributed by atoms with Crippen LogP contribution >= 0.6 is 0 Å². The number of rotatable bonds is 5. The predicted octanol–water partition coefficient (Wildman–Crippen LogP) is 2.82. The Morgan fingerprint density at radius 1 is 0.800 bits per heavy atom. The van der Waals surface area contributed by atoms with E-state index >= 15 is 0 Å². The van der Waals surface area contributed by atoms with Crippen molar-refractivity contribution in [3.8, 4) is 0 Å². The fourth-order valence-electron chi connectivity index (χ4n) is 3.99. The summed E-state index contributed by atoms with van der Waals surface area (Å²) in [5.74, 6) is -0.118. The standard InChI is InChI=1S/C23H27FN4O2/c24-19-5-9-21(10-6-19)26-13-15-27(16-14-26)22(29)17-25-20-7-3-18(4-8-20)23(30)28-11-1-2-12-28/h3-10,25H,1-2,11-17H2. The molecule has 2 saturated heterocycles. The van der Waals surface area contributed by atoms with E-state index in [0.29, 0.717) is 18.7 Å². The summed E-state index contributed by atoms with van der Waals surface area (Å²) < 4.78 is 13.1. The van der Waals surface area contributed by atoms with Crippen molar-refractivity contribution >= 4 is 23.2 Å². The largest absolute Gasteiger partial charge is 0.376 e. The summed E-state index contributed by atoms with van der Waals surface area (Å²) in [6.07, 6.45) is 2.15. The second-order valence-electron chi connectivity index (χ2n) is 7.77. The van der Waals surface area contributed by atoms with Crippen molar-refractivity contribution in [2.75, 3.05) is 56.0 Å². The van der Waals surface area contributed by atoms with Gasteiger partial charge in [0.1, 0.15) is 5.82 Å². The number of likely N-dealkylation sites (tertiary alicyclic amines) is 1. The summed E-state index contributed by atoms with van der Waals surface area (Å²) in [5.41, 5.74) is 2.49. The van der Waals surface area contributed by atoms with E-state index in [4.69, 9.17) is 0 Å². The quantitative estimate of drug-likeness (QED) is 0.824. The number of benzene rings is 2. The number of nitrogens with zero attached hydrogens (tertiary/aromatic N) is 3. The van der Waals surface area contributed by atoms with E-state index in [9.17, 15) is 14.0 Å². The molecule has 0 saturated carbocycles. The van der Waals surface area contributed by atoms with Crippen molar-refractivity contribution in [3.63, 3.8) is 0 Å². The van der Waals surface area contributed by atoms with E-state index < -0.39 is 0 Å². The summed E-state index contributed by atoms with van der Waals surface area (Å²) in [7, 11) is 0. The summed E-state index contributed by atoms with van der Waals surface area (Å²) in [6, 6.07) is 13.8. The molecule has 0 spiro atoms. The highest BCUT2D eigenvalue weighted by Crippen LogP contribution is 2.18. The SMILES string of the molecule is O=C(CNc1ccc(C(=O)N2CCCC2)cc1)N1CCN(c2ccc(F)cc2)CC1. The van der Waals surface area contributed by atoms with Gasteiger partial charge in [0.05, 0.1) is 6.54 Å². The zero-order valence-corrected chi connectivity index (χ0v) is 17.0. The number of halogens is 1. The molecular formula is C23H27FN4O2. The van der Waals surface area contributed by atoms with Crippen molar-refractivity contribution in [3.05, 3.63) is 59.9 Å². The zero-order valence-electron chi connectivity index (χ0n) is 17.0. The Labute approximate surface area is 176 Å². The molecule has 2 aromatic rings. The lowest BCUT2D eigenvalue weighted by atomic mass is 10.2. The van der Waals surface area contributed by atoms with Crippen molar-refractivity contribution in [2.24, 2.45) is 0 Å². The zero-order chi connectivity index (χ0) is 20.9. The Bertz CT molecular complexity index is 871. The van der Waals surface area contributed by atoms with E-state index in [1.54, 1.807) is 12.1 Å². The second-order valence-corrected chi connectivity index (χ2v) is 7.77. The van der Waals surface area contributed by atoms with Gasteiger partial charge in [0, 0.05) is 56.2 Å². The molecule has 0 aliphatic carbocycles. The molecule has 6 nitrogen and oxygen atoms in total. The third-order valence-corrected chi connectivity index (χ3v) is 5.79. The van der Waals surface area contributed by atoms with Crippen LogP contribution in [-0.2, 0) is 4.79 Å². The number of piperazine rings is 1. The molecule has 4 rings (SSSR count).